The Morgan fingerprint density at radius 3 is 2.19 bits per heavy atom. The van der Waals surface area contributed by atoms with Crippen molar-refractivity contribution in [3.05, 3.63) is 29.8 Å². The van der Waals surface area contributed by atoms with Gasteiger partial charge in [-0.3, -0.25) is 4.79 Å². The third kappa shape index (κ3) is 4.54. The van der Waals surface area contributed by atoms with Gasteiger partial charge in [-0.2, -0.15) is 4.31 Å². The van der Waals surface area contributed by atoms with Gasteiger partial charge in [-0.15, -0.1) is 0 Å². The van der Waals surface area contributed by atoms with E-state index in [1.54, 1.807) is 17.0 Å². The fraction of sp³-hybridized carbons (Fsp3) is 0.667. The molecule has 0 spiro atoms. The molecular weight excluding hydrogens is 360 g/mol. The molecule has 1 aromatic carbocycles. The summed E-state index contributed by atoms with van der Waals surface area (Å²) in [4.78, 5) is 14.5. The van der Waals surface area contributed by atoms with Gasteiger partial charge in [-0.05, 0) is 42.9 Å². The third-order valence-electron chi connectivity index (χ3n) is 6.18. The number of piperazine rings is 1. The molecule has 0 aromatic heterocycles. The Morgan fingerprint density at radius 1 is 1.04 bits per heavy atom. The average Bonchev–Trinajstić information content (AvgIpc) is 2.73. The van der Waals surface area contributed by atoms with E-state index in [0.29, 0.717) is 37.0 Å². The Bertz CT molecular complexity index is 731. The number of hydrogen-bond donors (Lipinski definition) is 0. The molecule has 1 heterocycles. The first-order valence-electron chi connectivity index (χ1n) is 10.3. The molecule has 1 amide bonds. The van der Waals surface area contributed by atoms with Crippen LogP contribution in [0.5, 0.6) is 0 Å². The third-order valence-corrected chi connectivity index (χ3v) is 8.09. The molecule has 0 bridgehead atoms. The first-order valence-corrected chi connectivity index (χ1v) is 11.8. The average molecular weight is 393 g/mol. The summed E-state index contributed by atoms with van der Waals surface area (Å²) >= 11 is 0. The lowest BCUT2D eigenvalue weighted by Gasteiger charge is -2.35. The van der Waals surface area contributed by atoms with Crippen LogP contribution in [0.15, 0.2) is 29.2 Å². The van der Waals surface area contributed by atoms with Gasteiger partial charge in [-0.25, -0.2) is 8.42 Å². The Kier molecular flexibility index (Phi) is 6.58. The minimum atomic E-state index is -3.49. The van der Waals surface area contributed by atoms with E-state index in [0.717, 1.165) is 6.42 Å². The van der Waals surface area contributed by atoms with E-state index in [9.17, 15) is 13.2 Å². The van der Waals surface area contributed by atoms with Crippen molar-refractivity contribution in [2.75, 3.05) is 26.2 Å². The van der Waals surface area contributed by atoms with Crippen LogP contribution < -0.4 is 0 Å². The summed E-state index contributed by atoms with van der Waals surface area (Å²) in [5, 5.41) is 0. The molecule has 3 rings (SSSR count). The summed E-state index contributed by atoms with van der Waals surface area (Å²) in [6.45, 7) is 5.62. The van der Waals surface area contributed by atoms with Crippen LogP contribution in [0, 0.1) is 5.92 Å². The molecule has 1 aliphatic heterocycles. The quantitative estimate of drug-likeness (QED) is 0.769. The number of hydrogen-bond acceptors (Lipinski definition) is 3. The summed E-state index contributed by atoms with van der Waals surface area (Å²) in [7, 11) is -3.49. The Hall–Kier alpha value is -1.40. The van der Waals surface area contributed by atoms with Crippen LogP contribution >= 0.6 is 0 Å². The molecule has 1 aromatic rings. The maximum absolute atomic E-state index is 13.0. The molecule has 150 valence electrons. The van der Waals surface area contributed by atoms with Crippen LogP contribution in [-0.2, 0) is 14.8 Å². The van der Waals surface area contributed by atoms with Gasteiger partial charge in [-0.1, -0.05) is 45.2 Å². The highest BCUT2D eigenvalue weighted by molar-refractivity contribution is 7.89. The lowest BCUT2D eigenvalue weighted by Crippen LogP contribution is -2.51. The molecule has 6 heteroatoms. The standard InChI is InChI=1S/C21H32N2O3S/c1-3-17(2)21(24)22-13-15-23(16-14-22)27(25,26)20-11-9-19(10-12-20)18-7-5-4-6-8-18/h9-12,17-18H,3-8,13-16H2,1-2H3/t17-/m1/s1. The molecule has 2 fully saturated rings. The van der Waals surface area contributed by atoms with E-state index in [4.69, 9.17) is 0 Å². The number of sulfonamides is 1. The second-order valence-corrected chi connectivity index (χ2v) is 9.88. The number of nitrogens with zero attached hydrogens (tertiary/aromatic N) is 2. The zero-order chi connectivity index (χ0) is 19.4. The van der Waals surface area contributed by atoms with Crippen LogP contribution in [0.3, 0.4) is 0 Å². The Morgan fingerprint density at radius 2 is 1.63 bits per heavy atom. The van der Waals surface area contributed by atoms with Gasteiger partial charge in [0.2, 0.25) is 15.9 Å². The maximum Gasteiger partial charge on any atom is 0.243 e. The van der Waals surface area contributed by atoms with E-state index >= 15 is 0 Å². The molecule has 27 heavy (non-hydrogen) atoms. The fourth-order valence-electron chi connectivity index (χ4n) is 4.13. The van der Waals surface area contributed by atoms with Crippen molar-refractivity contribution in [3.63, 3.8) is 0 Å². The Balaban J connectivity index is 1.64. The zero-order valence-corrected chi connectivity index (χ0v) is 17.4. The highest BCUT2D eigenvalue weighted by atomic mass is 32.2. The summed E-state index contributed by atoms with van der Waals surface area (Å²) in [5.41, 5.74) is 1.26. The van der Waals surface area contributed by atoms with Crippen molar-refractivity contribution >= 4 is 15.9 Å². The van der Waals surface area contributed by atoms with Gasteiger partial charge in [0.05, 0.1) is 4.90 Å². The van der Waals surface area contributed by atoms with Crippen LogP contribution in [-0.4, -0.2) is 49.7 Å². The maximum atomic E-state index is 13.0. The first kappa shape index (κ1) is 20.3. The first-order chi connectivity index (χ1) is 12.9. The van der Waals surface area contributed by atoms with Gasteiger partial charge in [0.1, 0.15) is 0 Å². The van der Waals surface area contributed by atoms with Gasteiger partial charge in [0.25, 0.3) is 0 Å². The fourth-order valence-corrected chi connectivity index (χ4v) is 5.55. The van der Waals surface area contributed by atoms with E-state index in [-0.39, 0.29) is 11.8 Å². The highest BCUT2D eigenvalue weighted by Gasteiger charge is 2.31. The molecule has 2 aliphatic rings. The van der Waals surface area contributed by atoms with Crippen molar-refractivity contribution in [1.29, 1.82) is 0 Å². The molecule has 0 N–H and O–H groups in total. The zero-order valence-electron chi connectivity index (χ0n) is 16.6. The van der Waals surface area contributed by atoms with Crippen molar-refractivity contribution in [2.24, 2.45) is 5.92 Å². The topological polar surface area (TPSA) is 57.7 Å². The summed E-state index contributed by atoms with van der Waals surface area (Å²) in [6.07, 6.45) is 7.07. The molecule has 1 aliphatic carbocycles. The Labute approximate surface area is 163 Å². The predicted octanol–water partition coefficient (Wildman–Crippen LogP) is 3.61. The number of amides is 1. The van der Waals surface area contributed by atoms with Crippen LogP contribution in [0.25, 0.3) is 0 Å². The molecular formula is C21H32N2O3S. The van der Waals surface area contributed by atoms with Crippen LogP contribution in [0.4, 0.5) is 0 Å². The molecule has 1 saturated heterocycles. The van der Waals surface area contributed by atoms with Crippen molar-refractivity contribution < 1.29 is 13.2 Å². The largest absolute Gasteiger partial charge is 0.340 e. The predicted molar refractivity (Wildman–Crippen MR) is 107 cm³/mol. The second kappa shape index (κ2) is 8.74. The van der Waals surface area contributed by atoms with Gasteiger partial charge < -0.3 is 4.90 Å². The smallest absolute Gasteiger partial charge is 0.243 e. The van der Waals surface area contributed by atoms with E-state index in [1.165, 1.54) is 42.0 Å². The van der Waals surface area contributed by atoms with Crippen molar-refractivity contribution in [1.82, 2.24) is 9.21 Å². The molecule has 0 radical (unpaired) electrons. The molecule has 0 unspecified atom stereocenters. The number of carbonyl (C=O) groups is 1. The minimum Gasteiger partial charge on any atom is -0.340 e. The van der Waals surface area contributed by atoms with E-state index in [1.807, 2.05) is 26.0 Å². The minimum absolute atomic E-state index is 0.000453. The lowest BCUT2D eigenvalue weighted by molar-refractivity contribution is -0.136. The summed E-state index contributed by atoms with van der Waals surface area (Å²) in [5.74, 6) is 0.706. The number of carbonyl (C=O) groups excluding carboxylic acids is 1. The molecule has 5 nitrogen and oxygen atoms in total. The van der Waals surface area contributed by atoms with E-state index in [2.05, 4.69) is 0 Å². The van der Waals surface area contributed by atoms with Gasteiger partial charge >= 0.3 is 0 Å². The summed E-state index contributed by atoms with van der Waals surface area (Å²) in [6, 6.07) is 7.50. The second-order valence-electron chi connectivity index (χ2n) is 7.94. The SMILES string of the molecule is CC[C@@H](C)C(=O)N1CCN(S(=O)(=O)c2ccc(C3CCCCC3)cc2)CC1. The molecule has 1 atom stereocenters. The van der Waals surface area contributed by atoms with Crippen LogP contribution in [0.2, 0.25) is 0 Å². The molecule has 1 saturated carbocycles. The normalized spacial score (nSPS) is 21.2. The van der Waals surface area contributed by atoms with Gasteiger partial charge in [0.15, 0.2) is 0 Å². The van der Waals surface area contributed by atoms with Crippen molar-refractivity contribution in [3.8, 4) is 0 Å². The lowest BCUT2D eigenvalue weighted by atomic mass is 9.84. The number of benzene rings is 1. The summed E-state index contributed by atoms with van der Waals surface area (Å²) < 4.78 is 27.4. The van der Waals surface area contributed by atoms with Crippen molar-refractivity contribution in [2.45, 2.75) is 63.2 Å². The monoisotopic (exact) mass is 392 g/mol. The number of rotatable bonds is 5. The van der Waals surface area contributed by atoms with Gasteiger partial charge in [0, 0.05) is 32.1 Å². The highest BCUT2D eigenvalue weighted by Crippen LogP contribution is 2.33. The van der Waals surface area contributed by atoms with Crippen LogP contribution in [0.1, 0.15) is 63.9 Å². The van der Waals surface area contributed by atoms with E-state index < -0.39 is 10.0 Å².